The Morgan fingerprint density at radius 3 is 2.36 bits per heavy atom. The first-order chi connectivity index (χ1) is 6.79. The first kappa shape index (κ1) is 10.4. The highest BCUT2D eigenvalue weighted by Gasteiger charge is 2.31. The van der Waals surface area contributed by atoms with E-state index in [1.807, 2.05) is 0 Å². The number of hydrogen-bond acceptors (Lipinski definition) is 2. The highest BCUT2D eigenvalue weighted by molar-refractivity contribution is 4.89. The molecule has 2 aliphatic rings. The second kappa shape index (κ2) is 4.63. The van der Waals surface area contributed by atoms with Crippen LogP contribution in [0, 0.1) is 0 Å². The number of nitrogens with zero attached hydrogens (tertiary/aromatic N) is 1. The van der Waals surface area contributed by atoms with Gasteiger partial charge in [0.2, 0.25) is 0 Å². The van der Waals surface area contributed by atoms with Crippen LogP contribution in [0.1, 0.15) is 46.0 Å². The van der Waals surface area contributed by atoms with Crippen LogP contribution in [0.3, 0.4) is 0 Å². The third-order valence-electron chi connectivity index (χ3n) is 3.73. The van der Waals surface area contributed by atoms with Crippen LogP contribution in [-0.4, -0.2) is 36.1 Å². The maximum absolute atomic E-state index is 3.72. The summed E-state index contributed by atoms with van der Waals surface area (Å²) in [5, 5.41) is 3.72. The van der Waals surface area contributed by atoms with E-state index in [0.29, 0.717) is 6.04 Å². The van der Waals surface area contributed by atoms with E-state index in [1.54, 1.807) is 0 Å². The van der Waals surface area contributed by atoms with E-state index in [-0.39, 0.29) is 0 Å². The molecule has 1 saturated heterocycles. The zero-order valence-electron chi connectivity index (χ0n) is 9.63. The Balaban J connectivity index is 1.67. The lowest BCUT2D eigenvalue weighted by atomic mass is 10.0. The molecule has 1 N–H and O–H groups in total. The Labute approximate surface area is 88.1 Å². The third kappa shape index (κ3) is 2.71. The van der Waals surface area contributed by atoms with Crippen molar-refractivity contribution < 1.29 is 0 Å². The van der Waals surface area contributed by atoms with Crippen LogP contribution >= 0.6 is 0 Å². The normalized spacial score (nSPS) is 27.9. The maximum Gasteiger partial charge on any atom is 0.00964 e. The van der Waals surface area contributed by atoms with Gasteiger partial charge in [0, 0.05) is 18.1 Å². The van der Waals surface area contributed by atoms with Crippen molar-refractivity contribution in [1.29, 1.82) is 0 Å². The molecule has 2 rings (SSSR count). The van der Waals surface area contributed by atoms with Gasteiger partial charge < -0.3 is 10.2 Å². The lowest BCUT2D eigenvalue weighted by molar-refractivity contribution is 0.184. The Morgan fingerprint density at radius 2 is 1.86 bits per heavy atom. The molecule has 2 nitrogen and oxygen atoms in total. The van der Waals surface area contributed by atoms with Crippen molar-refractivity contribution >= 4 is 0 Å². The molecule has 1 aliphatic heterocycles. The van der Waals surface area contributed by atoms with Gasteiger partial charge in [-0.05, 0) is 52.1 Å². The van der Waals surface area contributed by atoms with E-state index < -0.39 is 0 Å². The number of piperidine rings is 1. The highest BCUT2D eigenvalue weighted by atomic mass is 15.2. The maximum atomic E-state index is 3.72. The Hall–Kier alpha value is -0.0800. The van der Waals surface area contributed by atoms with Gasteiger partial charge in [-0.2, -0.15) is 0 Å². The van der Waals surface area contributed by atoms with Gasteiger partial charge >= 0.3 is 0 Å². The zero-order valence-corrected chi connectivity index (χ0v) is 9.63. The fourth-order valence-corrected chi connectivity index (χ4v) is 2.39. The summed E-state index contributed by atoms with van der Waals surface area (Å²) in [7, 11) is 0. The molecule has 1 atom stereocenters. The third-order valence-corrected chi connectivity index (χ3v) is 3.73. The van der Waals surface area contributed by atoms with Crippen molar-refractivity contribution in [2.75, 3.05) is 13.1 Å². The topological polar surface area (TPSA) is 15.3 Å². The molecular formula is C12H24N2. The smallest absolute Gasteiger partial charge is 0.00964 e. The minimum absolute atomic E-state index is 0.701. The number of rotatable bonds is 4. The lowest BCUT2D eigenvalue weighted by Crippen LogP contribution is -2.45. The van der Waals surface area contributed by atoms with Crippen LogP contribution in [0.2, 0.25) is 0 Å². The van der Waals surface area contributed by atoms with E-state index in [4.69, 9.17) is 0 Å². The molecule has 0 aromatic rings. The van der Waals surface area contributed by atoms with E-state index >= 15 is 0 Å². The van der Waals surface area contributed by atoms with E-state index in [2.05, 4.69) is 24.1 Å². The van der Waals surface area contributed by atoms with E-state index in [9.17, 15) is 0 Å². The summed E-state index contributed by atoms with van der Waals surface area (Å²) < 4.78 is 0. The van der Waals surface area contributed by atoms with Crippen molar-refractivity contribution in [3.63, 3.8) is 0 Å². The summed E-state index contributed by atoms with van der Waals surface area (Å²) in [5.41, 5.74) is 0. The van der Waals surface area contributed by atoms with Gasteiger partial charge in [0.1, 0.15) is 0 Å². The van der Waals surface area contributed by atoms with E-state index in [0.717, 1.165) is 12.1 Å². The first-order valence-electron chi connectivity index (χ1n) is 6.29. The fraction of sp³-hybridized carbons (Fsp3) is 1.00. The molecule has 82 valence electrons. The molecule has 0 radical (unpaired) electrons. The molecule has 0 spiro atoms. The van der Waals surface area contributed by atoms with Crippen LogP contribution in [-0.2, 0) is 0 Å². The van der Waals surface area contributed by atoms with Crippen LogP contribution in [0.25, 0.3) is 0 Å². The minimum atomic E-state index is 0.701. The van der Waals surface area contributed by atoms with Crippen LogP contribution < -0.4 is 5.32 Å². The average Bonchev–Trinajstić information content (AvgIpc) is 3.02. The van der Waals surface area contributed by atoms with Gasteiger partial charge in [0.05, 0.1) is 0 Å². The van der Waals surface area contributed by atoms with Gasteiger partial charge in [-0.25, -0.2) is 0 Å². The van der Waals surface area contributed by atoms with Gasteiger partial charge in [-0.3, -0.25) is 0 Å². The predicted molar refractivity (Wildman–Crippen MR) is 60.5 cm³/mol. The zero-order chi connectivity index (χ0) is 9.97. The van der Waals surface area contributed by atoms with E-state index in [1.165, 1.54) is 45.2 Å². The van der Waals surface area contributed by atoms with Gasteiger partial charge in [-0.15, -0.1) is 0 Å². The lowest BCUT2D eigenvalue weighted by Gasteiger charge is -2.33. The largest absolute Gasteiger partial charge is 0.311 e. The molecule has 2 fully saturated rings. The molecule has 1 unspecified atom stereocenters. The Kier molecular flexibility index (Phi) is 3.45. The van der Waals surface area contributed by atoms with Crippen molar-refractivity contribution in [1.82, 2.24) is 10.2 Å². The van der Waals surface area contributed by atoms with Crippen molar-refractivity contribution in [2.24, 2.45) is 0 Å². The molecule has 1 heterocycles. The Bertz CT molecular complexity index is 169. The van der Waals surface area contributed by atoms with Gasteiger partial charge in [0.15, 0.2) is 0 Å². The van der Waals surface area contributed by atoms with Crippen molar-refractivity contribution in [3.05, 3.63) is 0 Å². The first-order valence-corrected chi connectivity index (χ1v) is 6.29. The molecule has 0 aromatic carbocycles. The number of hydrogen-bond donors (Lipinski definition) is 1. The average molecular weight is 196 g/mol. The van der Waals surface area contributed by atoms with Gasteiger partial charge in [-0.1, -0.05) is 6.92 Å². The summed E-state index contributed by atoms with van der Waals surface area (Å²) >= 11 is 0. The summed E-state index contributed by atoms with van der Waals surface area (Å²) in [6.45, 7) is 7.22. The van der Waals surface area contributed by atoms with Crippen LogP contribution in [0.5, 0.6) is 0 Å². The molecule has 0 aromatic heterocycles. The van der Waals surface area contributed by atoms with Crippen molar-refractivity contribution in [2.45, 2.75) is 64.1 Å². The number of likely N-dealkylation sites (tertiary alicyclic amines) is 1. The molecule has 1 saturated carbocycles. The number of nitrogens with one attached hydrogen (secondary N) is 1. The monoisotopic (exact) mass is 196 g/mol. The second-order valence-corrected chi connectivity index (χ2v) is 5.02. The second-order valence-electron chi connectivity index (χ2n) is 5.02. The molecule has 2 heteroatoms. The SMILES string of the molecule is CCC(C)NC1CCN(C2CC2)CC1. The predicted octanol–water partition coefficient (Wildman–Crippen LogP) is 2.00. The molecular weight excluding hydrogens is 172 g/mol. The minimum Gasteiger partial charge on any atom is -0.311 e. The molecule has 0 bridgehead atoms. The highest BCUT2D eigenvalue weighted by Crippen LogP contribution is 2.29. The quantitative estimate of drug-likeness (QED) is 0.740. The summed E-state index contributed by atoms with van der Waals surface area (Å²) in [6.07, 6.45) is 6.90. The van der Waals surface area contributed by atoms with Crippen molar-refractivity contribution in [3.8, 4) is 0 Å². The Morgan fingerprint density at radius 1 is 1.21 bits per heavy atom. The molecule has 0 amide bonds. The van der Waals surface area contributed by atoms with Gasteiger partial charge in [0.25, 0.3) is 0 Å². The summed E-state index contributed by atoms with van der Waals surface area (Å²) in [6, 6.07) is 2.46. The fourth-order valence-electron chi connectivity index (χ4n) is 2.39. The van der Waals surface area contributed by atoms with Crippen LogP contribution in [0.4, 0.5) is 0 Å². The molecule has 1 aliphatic carbocycles. The summed E-state index contributed by atoms with van der Waals surface area (Å²) in [5.74, 6) is 0. The summed E-state index contributed by atoms with van der Waals surface area (Å²) in [4.78, 5) is 2.69. The molecule has 14 heavy (non-hydrogen) atoms. The van der Waals surface area contributed by atoms with Crippen LogP contribution in [0.15, 0.2) is 0 Å². The standard InChI is InChI=1S/C12H24N2/c1-3-10(2)13-11-6-8-14(9-7-11)12-4-5-12/h10-13H,3-9H2,1-2H3.